The number of rotatable bonds is 5. The third kappa shape index (κ3) is 6.99. The van der Waals surface area contributed by atoms with E-state index in [-0.39, 0.29) is 31.4 Å². The lowest BCUT2D eigenvalue weighted by Crippen LogP contribution is -2.37. The number of benzene rings is 2. The van der Waals surface area contributed by atoms with Crippen LogP contribution in [0, 0.1) is 18.8 Å². The number of carbonyl (C=O) groups excluding carboxylic acids is 2. The Bertz CT molecular complexity index is 826. The molecule has 0 aliphatic heterocycles. The Labute approximate surface area is 161 Å². The van der Waals surface area contributed by atoms with Crippen LogP contribution in [0.3, 0.4) is 0 Å². The Balaban J connectivity index is 1.65. The highest BCUT2D eigenvalue weighted by atomic mass is 79.9. The van der Waals surface area contributed by atoms with Crippen molar-refractivity contribution in [1.82, 2.24) is 10.6 Å². The maximum absolute atomic E-state index is 11.9. The molecule has 0 fully saturated rings. The Hall–Kier alpha value is -2.78. The fourth-order valence-electron chi connectivity index (χ4n) is 2.12. The zero-order valence-electron chi connectivity index (χ0n) is 14.4. The molecular weight excluding hydrogens is 394 g/mol. The second-order valence-corrected chi connectivity index (χ2v) is 6.45. The van der Waals surface area contributed by atoms with Gasteiger partial charge in [-0.2, -0.15) is 0 Å². The van der Waals surface area contributed by atoms with Gasteiger partial charge in [-0.25, -0.2) is 4.79 Å². The van der Waals surface area contributed by atoms with Crippen molar-refractivity contribution < 1.29 is 9.59 Å². The smallest absolute Gasteiger partial charge is 0.315 e. The quantitative estimate of drug-likeness (QED) is 0.657. The van der Waals surface area contributed by atoms with E-state index in [1.54, 1.807) is 0 Å². The van der Waals surface area contributed by atoms with Gasteiger partial charge in [-0.05, 0) is 42.8 Å². The van der Waals surface area contributed by atoms with Crippen molar-refractivity contribution in [1.29, 1.82) is 0 Å². The molecule has 0 aromatic heterocycles. The zero-order chi connectivity index (χ0) is 18.8. The molecular formula is C20H20BrN3O2. The molecule has 0 bridgehead atoms. The van der Waals surface area contributed by atoms with Crippen LogP contribution in [-0.2, 0) is 4.79 Å². The molecule has 2 rings (SSSR count). The molecule has 6 heteroatoms. The number of urea groups is 1. The van der Waals surface area contributed by atoms with Crippen molar-refractivity contribution in [3.8, 4) is 11.8 Å². The van der Waals surface area contributed by atoms with Gasteiger partial charge in [0.15, 0.2) is 0 Å². The summed E-state index contributed by atoms with van der Waals surface area (Å²) in [5.74, 6) is 5.67. The second-order valence-electron chi connectivity index (χ2n) is 5.53. The minimum absolute atomic E-state index is 0.153. The van der Waals surface area contributed by atoms with E-state index in [1.165, 1.54) is 0 Å². The Morgan fingerprint density at radius 1 is 1.08 bits per heavy atom. The normalized spacial score (nSPS) is 9.62. The van der Waals surface area contributed by atoms with Gasteiger partial charge in [-0.1, -0.05) is 46.0 Å². The summed E-state index contributed by atoms with van der Waals surface area (Å²) in [5, 5.41) is 8.09. The number of hydrogen-bond acceptors (Lipinski definition) is 2. The first-order chi connectivity index (χ1) is 12.5. The number of amides is 3. The maximum Gasteiger partial charge on any atom is 0.315 e. The van der Waals surface area contributed by atoms with Gasteiger partial charge in [0.1, 0.15) is 0 Å². The minimum Gasteiger partial charge on any atom is -0.338 e. The van der Waals surface area contributed by atoms with E-state index in [0.29, 0.717) is 0 Å². The highest BCUT2D eigenvalue weighted by Crippen LogP contribution is 2.19. The molecule has 0 spiro atoms. The third-order valence-corrected chi connectivity index (χ3v) is 3.94. The minimum atomic E-state index is -0.347. The van der Waals surface area contributed by atoms with Crippen molar-refractivity contribution in [3.63, 3.8) is 0 Å². The van der Waals surface area contributed by atoms with Crippen molar-refractivity contribution in [2.24, 2.45) is 0 Å². The van der Waals surface area contributed by atoms with Crippen LogP contribution in [0.25, 0.3) is 0 Å². The Morgan fingerprint density at radius 2 is 1.85 bits per heavy atom. The third-order valence-electron chi connectivity index (χ3n) is 3.44. The number of anilines is 1. The second kappa shape index (κ2) is 10.3. The molecule has 0 unspecified atom stereocenters. The summed E-state index contributed by atoms with van der Waals surface area (Å²) >= 11 is 3.38. The van der Waals surface area contributed by atoms with Crippen LogP contribution in [0.2, 0.25) is 0 Å². The summed E-state index contributed by atoms with van der Waals surface area (Å²) in [6.45, 7) is 2.41. The van der Waals surface area contributed by atoms with Gasteiger partial charge in [0.25, 0.3) is 0 Å². The van der Waals surface area contributed by atoms with E-state index in [2.05, 4.69) is 43.7 Å². The molecule has 2 aromatic rings. The van der Waals surface area contributed by atoms with Crippen LogP contribution < -0.4 is 16.0 Å². The van der Waals surface area contributed by atoms with Crippen molar-refractivity contribution in [2.75, 3.05) is 18.4 Å². The van der Waals surface area contributed by atoms with Crippen LogP contribution in [-0.4, -0.2) is 25.0 Å². The predicted molar refractivity (Wildman–Crippen MR) is 107 cm³/mol. The van der Waals surface area contributed by atoms with Gasteiger partial charge in [0.05, 0.1) is 6.54 Å². The van der Waals surface area contributed by atoms with E-state index in [0.717, 1.165) is 21.3 Å². The number of carbonyl (C=O) groups is 2. The maximum atomic E-state index is 11.9. The highest BCUT2D eigenvalue weighted by Gasteiger charge is 2.06. The van der Waals surface area contributed by atoms with Crippen LogP contribution in [0.15, 0.2) is 53.0 Å². The van der Waals surface area contributed by atoms with E-state index in [1.807, 2.05) is 55.5 Å². The molecule has 3 N–H and O–H groups in total. The molecule has 0 heterocycles. The topological polar surface area (TPSA) is 70.2 Å². The molecule has 0 aliphatic rings. The molecule has 0 radical (unpaired) electrons. The van der Waals surface area contributed by atoms with Gasteiger partial charge in [-0.15, -0.1) is 0 Å². The standard InChI is InChI=1S/C20H20BrN3O2/c1-15-14-17(21)9-10-18(15)24-19(25)11-13-23-20(26)22-12-5-8-16-6-3-2-4-7-16/h2-4,6-7,9-10,14H,11-13H2,1H3,(H,24,25)(H2,22,23,26). The number of aryl methyl sites for hydroxylation is 1. The van der Waals surface area contributed by atoms with Gasteiger partial charge in [0.2, 0.25) is 5.91 Å². The van der Waals surface area contributed by atoms with Gasteiger partial charge in [-0.3, -0.25) is 4.79 Å². The summed E-state index contributed by atoms with van der Waals surface area (Å²) in [6, 6.07) is 14.8. The van der Waals surface area contributed by atoms with Crippen molar-refractivity contribution in [2.45, 2.75) is 13.3 Å². The molecule has 0 atom stereocenters. The van der Waals surface area contributed by atoms with E-state index in [4.69, 9.17) is 0 Å². The van der Waals surface area contributed by atoms with Gasteiger partial charge >= 0.3 is 6.03 Å². The fourth-order valence-corrected chi connectivity index (χ4v) is 2.60. The van der Waals surface area contributed by atoms with E-state index >= 15 is 0 Å². The molecule has 0 aliphatic carbocycles. The average molecular weight is 414 g/mol. The van der Waals surface area contributed by atoms with Crippen molar-refractivity contribution in [3.05, 3.63) is 64.1 Å². The summed E-state index contributed by atoms with van der Waals surface area (Å²) in [5.41, 5.74) is 2.63. The summed E-state index contributed by atoms with van der Waals surface area (Å²) < 4.78 is 0.960. The molecule has 5 nitrogen and oxygen atoms in total. The zero-order valence-corrected chi connectivity index (χ0v) is 16.0. The number of nitrogens with one attached hydrogen (secondary N) is 3. The lowest BCUT2D eigenvalue weighted by atomic mass is 10.2. The fraction of sp³-hybridized carbons (Fsp3) is 0.200. The SMILES string of the molecule is Cc1cc(Br)ccc1NC(=O)CCNC(=O)NCC#Cc1ccccc1. The van der Waals surface area contributed by atoms with E-state index in [9.17, 15) is 9.59 Å². The molecule has 3 amide bonds. The van der Waals surface area contributed by atoms with Gasteiger partial charge in [0, 0.05) is 28.7 Å². The lowest BCUT2D eigenvalue weighted by molar-refractivity contribution is -0.116. The van der Waals surface area contributed by atoms with Crippen LogP contribution in [0.5, 0.6) is 0 Å². The first kappa shape index (κ1) is 19.5. The van der Waals surface area contributed by atoms with Crippen LogP contribution in [0.4, 0.5) is 10.5 Å². The monoisotopic (exact) mass is 413 g/mol. The van der Waals surface area contributed by atoms with E-state index < -0.39 is 0 Å². The summed E-state index contributed by atoms with van der Waals surface area (Å²) in [4.78, 5) is 23.6. The molecule has 0 saturated carbocycles. The average Bonchev–Trinajstić information content (AvgIpc) is 2.62. The molecule has 2 aromatic carbocycles. The van der Waals surface area contributed by atoms with Crippen LogP contribution in [0.1, 0.15) is 17.5 Å². The van der Waals surface area contributed by atoms with Crippen LogP contribution >= 0.6 is 15.9 Å². The van der Waals surface area contributed by atoms with Crippen molar-refractivity contribution >= 4 is 33.6 Å². The number of halogens is 1. The first-order valence-electron chi connectivity index (χ1n) is 8.16. The summed E-state index contributed by atoms with van der Waals surface area (Å²) in [7, 11) is 0. The lowest BCUT2D eigenvalue weighted by Gasteiger charge is -2.09. The predicted octanol–water partition coefficient (Wildman–Crippen LogP) is 3.44. The number of hydrogen-bond donors (Lipinski definition) is 3. The molecule has 134 valence electrons. The van der Waals surface area contributed by atoms with Gasteiger partial charge < -0.3 is 16.0 Å². The largest absolute Gasteiger partial charge is 0.338 e. The summed E-state index contributed by atoms with van der Waals surface area (Å²) in [6.07, 6.45) is 0.193. The molecule has 0 saturated heterocycles. The highest BCUT2D eigenvalue weighted by molar-refractivity contribution is 9.10. The Kier molecular flexibility index (Phi) is 7.72. The Morgan fingerprint density at radius 3 is 2.58 bits per heavy atom. The molecule has 26 heavy (non-hydrogen) atoms. The first-order valence-corrected chi connectivity index (χ1v) is 8.95.